The summed E-state index contributed by atoms with van der Waals surface area (Å²) in [4.78, 5) is 30.1. The molecule has 5 rings (SSSR count). The molecule has 0 aliphatic rings. The molecule has 5 aromatic rings. The van der Waals surface area contributed by atoms with Crippen molar-refractivity contribution >= 4 is 23.1 Å². The van der Waals surface area contributed by atoms with Crippen molar-refractivity contribution in [3.05, 3.63) is 73.3 Å². The number of halogens is 6. The zero-order chi connectivity index (χ0) is 29.7. The molecular formula is C24H18F6N6O4. The lowest BCUT2D eigenvalue weighted by Gasteiger charge is -2.03. The van der Waals surface area contributed by atoms with Gasteiger partial charge in [-0.25, -0.2) is 24.2 Å². The Hall–Kier alpha value is -5.15. The Bertz CT molecular complexity index is 1550. The maximum atomic E-state index is 10.6. The highest BCUT2D eigenvalue weighted by Gasteiger charge is 2.38. The van der Waals surface area contributed by atoms with Gasteiger partial charge in [-0.2, -0.15) is 31.4 Å². The molecule has 10 nitrogen and oxygen atoms in total. The van der Waals surface area contributed by atoms with Gasteiger partial charge in [0.25, 0.3) is 0 Å². The van der Waals surface area contributed by atoms with Gasteiger partial charge in [-0.1, -0.05) is 30.3 Å². The van der Waals surface area contributed by atoms with Gasteiger partial charge in [0, 0.05) is 36.3 Å². The molecule has 210 valence electrons. The van der Waals surface area contributed by atoms with Gasteiger partial charge >= 0.3 is 24.3 Å². The molecule has 0 aliphatic carbocycles. The highest BCUT2D eigenvalue weighted by molar-refractivity contribution is 5.90. The molecule has 0 aliphatic heterocycles. The van der Waals surface area contributed by atoms with Crippen molar-refractivity contribution in [3.8, 4) is 28.3 Å². The Labute approximate surface area is 220 Å². The summed E-state index contributed by atoms with van der Waals surface area (Å²) in [6, 6.07) is 18.4. The first-order chi connectivity index (χ1) is 18.7. The summed E-state index contributed by atoms with van der Waals surface area (Å²) in [7, 11) is 1.92. The van der Waals surface area contributed by atoms with Crippen LogP contribution in [0.5, 0.6) is 0 Å². The zero-order valence-corrected chi connectivity index (χ0v) is 20.1. The first-order valence-electron chi connectivity index (χ1n) is 10.9. The van der Waals surface area contributed by atoms with E-state index >= 15 is 0 Å². The van der Waals surface area contributed by atoms with E-state index in [1.807, 2.05) is 40.7 Å². The molecule has 0 saturated carbocycles. The first kappa shape index (κ1) is 29.4. The fourth-order valence-corrected chi connectivity index (χ4v) is 3.15. The number of alkyl halides is 6. The Balaban J connectivity index is 0.000000263. The van der Waals surface area contributed by atoms with Crippen LogP contribution in [-0.2, 0) is 16.6 Å². The van der Waals surface area contributed by atoms with Crippen LogP contribution in [0.4, 0.5) is 26.3 Å². The largest absolute Gasteiger partial charge is 0.490 e. The van der Waals surface area contributed by atoms with Crippen LogP contribution in [0.25, 0.3) is 39.5 Å². The number of aryl methyl sites for hydroxylation is 1. The van der Waals surface area contributed by atoms with Gasteiger partial charge in [-0.15, -0.1) is 0 Å². The van der Waals surface area contributed by atoms with Crippen molar-refractivity contribution in [2.75, 3.05) is 0 Å². The van der Waals surface area contributed by atoms with Crippen molar-refractivity contribution in [2.24, 2.45) is 7.05 Å². The number of aliphatic carboxylic acids is 2. The number of aromatic amines is 1. The summed E-state index contributed by atoms with van der Waals surface area (Å²) < 4.78 is 67.3. The molecule has 3 aromatic heterocycles. The molecule has 0 spiro atoms. The van der Waals surface area contributed by atoms with Crippen LogP contribution < -0.4 is 0 Å². The maximum absolute atomic E-state index is 10.6. The third kappa shape index (κ3) is 7.24. The van der Waals surface area contributed by atoms with E-state index in [9.17, 15) is 26.3 Å². The van der Waals surface area contributed by atoms with E-state index < -0.39 is 24.3 Å². The lowest BCUT2D eigenvalue weighted by molar-refractivity contribution is -0.193. The van der Waals surface area contributed by atoms with Crippen LogP contribution in [0.3, 0.4) is 0 Å². The number of aromatic nitrogens is 6. The molecule has 0 amide bonds. The third-order valence-corrected chi connectivity index (χ3v) is 4.95. The molecule has 0 atom stereocenters. The number of carbonyl (C=O) groups is 2. The fraction of sp³-hybridized carbons (Fsp3) is 0.125. The quantitative estimate of drug-likeness (QED) is 0.258. The molecule has 3 heterocycles. The SMILES string of the molecule is Cn1nc(-c2ccccc2)c2[nH]c(-c3ccc(-n4ccnc4)cc3)nc21.O=C(O)C(F)(F)F.O=C(O)C(F)(F)F. The van der Waals surface area contributed by atoms with Crippen molar-refractivity contribution < 1.29 is 46.1 Å². The normalized spacial score (nSPS) is 11.3. The van der Waals surface area contributed by atoms with Crippen molar-refractivity contribution in [1.82, 2.24) is 29.3 Å². The van der Waals surface area contributed by atoms with E-state index in [-0.39, 0.29) is 0 Å². The van der Waals surface area contributed by atoms with Crippen molar-refractivity contribution in [2.45, 2.75) is 12.4 Å². The number of hydrogen-bond acceptors (Lipinski definition) is 5. The summed E-state index contributed by atoms with van der Waals surface area (Å²) in [6.45, 7) is 0. The van der Waals surface area contributed by atoms with E-state index in [1.165, 1.54) is 0 Å². The monoisotopic (exact) mass is 568 g/mol. The number of imidazole rings is 2. The van der Waals surface area contributed by atoms with E-state index in [1.54, 1.807) is 12.5 Å². The van der Waals surface area contributed by atoms with Crippen LogP contribution in [0.1, 0.15) is 0 Å². The predicted molar refractivity (Wildman–Crippen MR) is 128 cm³/mol. The number of nitrogens with one attached hydrogen (secondary N) is 1. The average Bonchev–Trinajstić information content (AvgIpc) is 3.63. The van der Waals surface area contributed by atoms with Gasteiger partial charge in [-0.3, -0.25) is 0 Å². The van der Waals surface area contributed by atoms with Gasteiger partial charge in [-0.05, 0) is 24.3 Å². The Morgan fingerprint density at radius 1 is 0.850 bits per heavy atom. The lowest BCUT2D eigenvalue weighted by atomic mass is 10.1. The van der Waals surface area contributed by atoms with Crippen LogP contribution in [0, 0.1) is 0 Å². The number of carboxylic acids is 2. The van der Waals surface area contributed by atoms with E-state index in [2.05, 4.69) is 51.5 Å². The third-order valence-electron chi connectivity index (χ3n) is 4.95. The molecule has 16 heteroatoms. The average molecular weight is 568 g/mol. The molecule has 2 aromatic carbocycles. The van der Waals surface area contributed by atoms with E-state index in [0.29, 0.717) is 0 Å². The van der Waals surface area contributed by atoms with Crippen LogP contribution in [0.15, 0.2) is 73.3 Å². The van der Waals surface area contributed by atoms with E-state index in [4.69, 9.17) is 24.8 Å². The Morgan fingerprint density at radius 2 is 1.40 bits per heavy atom. The second-order valence-corrected chi connectivity index (χ2v) is 7.74. The fourth-order valence-electron chi connectivity index (χ4n) is 3.15. The molecule has 0 saturated heterocycles. The molecule has 40 heavy (non-hydrogen) atoms. The number of rotatable bonds is 3. The molecule has 0 fully saturated rings. The minimum absolute atomic E-state index is 0.836. The molecular weight excluding hydrogens is 550 g/mol. The summed E-state index contributed by atoms with van der Waals surface area (Å²) >= 11 is 0. The summed E-state index contributed by atoms with van der Waals surface area (Å²) in [5.41, 5.74) is 5.88. The van der Waals surface area contributed by atoms with Gasteiger partial charge in [0.1, 0.15) is 17.0 Å². The predicted octanol–water partition coefficient (Wildman–Crippen LogP) is 5.08. The van der Waals surface area contributed by atoms with Crippen molar-refractivity contribution in [1.29, 1.82) is 0 Å². The summed E-state index contributed by atoms with van der Waals surface area (Å²) in [5.74, 6) is -4.68. The minimum atomic E-state index is -5.08. The number of nitrogens with zero attached hydrogens (tertiary/aromatic N) is 5. The van der Waals surface area contributed by atoms with Crippen LogP contribution in [0.2, 0.25) is 0 Å². The number of fused-ring (bicyclic) bond motifs is 1. The smallest absolute Gasteiger partial charge is 0.475 e. The zero-order valence-electron chi connectivity index (χ0n) is 20.1. The second kappa shape index (κ2) is 11.7. The Kier molecular flexibility index (Phi) is 8.61. The maximum Gasteiger partial charge on any atom is 0.490 e. The summed E-state index contributed by atoms with van der Waals surface area (Å²) in [5, 5.41) is 18.9. The number of hydrogen-bond donors (Lipinski definition) is 3. The number of H-pyrrole nitrogens is 1. The van der Waals surface area contributed by atoms with Gasteiger partial charge < -0.3 is 19.8 Å². The lowest BCUT2D eigenvalue weighted by Crippen LogP contribution is -2.21. The second-order valence-electron chi connectivity index (χ2n) is 7.74. The highest BCUT2D eigenvalue weighted by atomic mass is 19.4. The van der Waals surface area contributed by atoms with Gasteiger partial charge in [0.05, 0.1) is 6.33 Å². The van der Waals surface area contributed by atoms with Gasteiger partial charge in [0.15, 0.2) is 5.65 Å². The van der Waals surface area contributed by atoms with Crippen LogP contribution in [-0.4, -0.2) is 63.8 Å². The standard InChI is InChI=1S/C20H16N6.2C2HF3O2/c1-25-20-18(17(24-25)14-5-3-2-4-6-14)22-19(23-20)15-7-9-16(10-8-15)26-12-11-21-13-26;2*3-2(4,5)1(6)7/h2-13H,1H3,(H,22,23);2*(H,6,7). The molecule has 0 bridgehead atoms. The number of benzene rings is 2. The molecule has 0 radical (unpaired) electrons. The minimum Gasteiger partial charge on any atom is -0.475 e. The highest BCUT2D eigenvalue weighted by Crippen LogP contribution is 2.29. The molecule has 3 N–H and O–H groups in total. The van der Waals surface area contributed by atoms with Crippen LogP contribution >= 0.6 is 0 Å². The number of carboxylic acid groups (broad SMARTS) is 2. The molecule has 0 unspecified atom stereocenters. The Morgan fingerprint density at radius 3 is 1.88 bits per heavy atom. The summed E-state index contributed by atoms with van der Waals surface area (Å²) in [6.07, 6.45) is -4.69. The first-order valence-corrected chi connectivity index (χ1v) is 10.9. The van der Waals surface area contributed by atoms with Crippen molar-refractivity contribution in [3.63, 3.8) is 0 Å². The van der Waals surface area contributed by atoms with E-state index in [0.717, 1.165) is 39.5 Å². The van der Waals surface area contributed by atoms with Gasteiger partial charge in [0.2, 0.25) is 0 Å². The topological polar surface area (TPSA) is 139 Å².